The molecule has 0 amide bonds. The lowest BCUT2D eigenvalue weighted by Crippen LogP contribution is -2.13. The molecule has 1 aliphatic heterocycles. The molecule has 0 unspecified atom stereocenters. The van der Waals surface area contributed by atoms with Crippen LogP contribution in [0.4, 0.5) is 0 Å². The predicted octanol–water partition coefficient (Wildman–Crippen LogP) is 3.82. The summed E-state index contributed by atoms with van der Waals surface area (Å²) in [7, 11) is 0. The molecule has 0 fully saturated rings. The van der Waals surface area contributed by atoms with Gasteiger partial charge < -0.3 is 9.15 Å². The zero-order valence-corrected chi connectivity index (χ0v) is 10.6. The van der Waals surface area contributed by atoms with E-state index in [2.05, 4.69) is 6.58 Å². The Bertz CT molecular complexity index is 919. The summed E-state index contributed by atoms with van der Waals surface area (Å²) in [6, 6.07) is 14.8. The average molecular weight is 262 g/mol. The first-order chi connectivity index (χ1) is 9.75. The third-order valence-electron chi connectivity index (χ3n) is 3.45. The van der Waals surface area contributed by atoms with E-state index in [1.54, 1.807) is 18.2 Å². The van der Waals surface area contributed by atoms with Crippen molar-refractivity contribution in [3.8, 4) is 17.1 Å². The second-order valence-corrected chi connectivity index (χ2v) is 4.66. The highest BCUT2D eigenvalue weighted by Crippen LogP contribution is 2.40. The predicted molar refractivity (Wildman–Crippen MR) is 77.6 cm³/mol. The Morgan fingerprint density at radius 2 is 1.60 bits per heavy atom. The van der Waals surface area contributed by atoms with Crippen molar-refractivity contribution >= 4 is 16.7 Å². The van der Waals surface area contributed by atoms with E-state index in [0.29, 0.717) is 22.5 Å². The Labute approximate surface area is 114 Å². The number of hydrogen-bond acceptors (Lipinski definition) is 3. The van der Waals surface area contributed by atoms with Crippen LogP contribution in [0.25, 0.3) is 28.1 Å². The smallest absolute Gasteiger partial charge is 0.235 e. The summed E-state index contributed by atoms with van der Waals surface area (Å²) in [4.78, 5) is 12.5. The van der Waals surface area contributed by atoms with Crippen LogP contribution in [-0.2, 0) is 0 Å². The summed E-state index contributed by atoms with van der Waals surface area (Å²) >= 11 is 0. The molecule has 3 heteroatoms. The van der Waals surface area contributed by atoms with Crippen molar-refractivity contribution < 1.29 is 9.15 Å². The third kappa shape index (κ3) is 1.37. The van der Waals surface area contributed by atoms with Crippen molar-refractivity contribution in [2.24, 2.45) is 0 Å². The summed E-state index contributed by atoms with van der Waals surface area (Å²) in [5.41, 5.74) is 2.07. The lowest BCUT2D eigenvalue weighted by Gasteiger charge is -2.20. The summed E-state index contributed by atoms with van der Waals surface area (Å²) < 4.78 is 11.5. The third-order valence-corrected chi connectivity index (χ3v) is 3.45. The summed E-state index contributed by atoms with van der Waals surface area (Å²) in [6.45, 7) is 3.87. The SMILES string of the molecule is C=C1Oc2c(oc3ccccc3c2=O)-c2ccccc21. The lowest BCUT2D eigenvalue weighted by atomic mass is 10.00. The van der Waals surface area contributed by atoms with Gasteiger partial charge >= 0.3 is 0 Å². The molecule has 0 N–H and O–H groups in total. The fourth-order valence-electron chi connectivity index (χ4n) is 2.50. The van der Waals surface area contributed by atoms with Crippen molar-refractivity contribution in [3.05, 3.63) is 70.9 Å². The number of ether oxygens (including phenoxy) is 1. The minimum absolute atomic E-state index is 0.169. The zero-order valence-electron chi connectivity index (χ0n) is 10.6. The summed E-state index contributed by atoms with van der Waals surface area (Å²) in [6.07, 6.45) is 0. The lowest BCUT2D eigenvalue weighted by molar-refractivity contribution is 0.476. The van der Waals surface area contributed by atoms with Gasteiger partial charge in [-0.05, 0) is 12.1 Å². The van der Waals surface area contributed by atoms with Crippen LogP contribution in [0.2, 0.25) is 0 Å². The topological polar surface area (TPSA) is 39.4 Å². The molecule has 20 heavy (non-hydrogen) atoms. The van der Waals surface area contributed by atoms with Gasteiger partial charge in [-0.1, -0.05) is 43.0 Å². The van der Waals surface area contributed by atoms with E-state index in [1.807, 2.05) is 30.3 Å². The molecule has 1 aliphatic rings. The maximum Gasteiger partial charge on any atom is 0.235 e. The minimum atomic E-state index is -0.169. The summed E-state index contributed by atoms with van der Waals surface area (Å²) in [5.74, 6) is 1.15. The average Bonchev–Trinajstić information content (AvgIpc) is 2.49. The first-order valence-corrected chi connectivity index (χ1v) is 6.28. The highest BCUT2D eigenvalue weighted by atomic mass is 16.5. The molecule has 0 aliphatic carbocycles. The maximum absolute atomic E-state index is 12.5. The number of benzene rings is 2. The Hall–Kier alpha value is -2.81. The van der Waals surface area contributed by atoms with E-state index in [-0.39, 0.29) is 11.2 Å². The molecule has 3 aromatic rings. The molecule has 1 aromatic heterocycles. The molecule has 0 saturated heterocycles. The highest BCUT2D eigenvalue weighted by molar-refractivity contribution is 5.88. The van der Waals surface area contributed by atoms with Crippen molar-refractivity contribution in [1.82, 2.24) is 0 Å². The molecule has 0 bridgehead atoms. The van der Waals surface area contributed by atoms with Crippen LogP contribution in [0.1, 0.15) is 5.56 Å². The van der Waals surface area contributed by atoms with Crippen molar-refractivity contribution in [2.45, 2.75) is 0 Å². The first kappa shape index (κ1) is 11.1. The van der Waals surface area contributed by atoms with E-state index in [9.17, 15) is 4.79 Å². The fourth-order valence-corrected chi connectivity index (χ4v) is 2.50. The van der Waals surface area contributed by atoms with E-state index < -0.39 is 0 Å². The van der Waals surface area contributed by atoms with Crippen LogP contribution in [0, 0.1) is 0 Å². The van der Waals surface area contributed by atoms with Gasteiger partial charge in [-0.15, -0.1) is 0 Å². The van der Waals surface area contributed by atoms with Gasteiger partial charge in [0.15, 0.2) is 5.76 Å². The Balaban J connectivity index is 2.17. The van der Waals surface area contributed by atoms with Gasteiger partial charge in [-0.3, -0.25) is 4.79 Å². The van der Waals surface area contributed by atoms with Crippen LogP contribution in [0.5, 0.6) is 5.75 Å². The standard InChI is InChI=1S/C17H10O3/c1-10-11-6-2-3-7-12(11)16-17(19-10)15(18)13-8-4-5-9-14(13)20-16/h2-9H,1H2. The minimum Gasteiger partial charge on any atom is -0.452 e. The number of fused-ring (bicyclic) bond motifs is 4. The Morgan fingerprint density at radius 3 is 2.45 bits per heavy atom. The fraction of sp³-hybridized carbons (Fsp3) is 0. The number of rotatable bonds is 0. The van der Waals surface area contributed by atoms with E-state index in [0.717, 1.165) is 11.1 Å². The normalized spacial score (nSPS) is 12.7. The zero-order chi connectivity index (χ0) is 13.7. The van der Waals surface area contributed by atoms with E-state index >= 15 is 0 Å². The molecule has 2 aromatic carbocycles. The van der Waals surface area contributed by atoms with Gasteiger partial charge in [-0.2, -0.15) is 0 Å². The van der Waals surface area contributed by atoms with Gasteiger partial charge in [0, 0.05) is 11.1 Å². The van der Waals surface area contributed by atoms with Crippen molar-refractivity contribution in [2.75, 3.05) is 0 Å². The molecule has 3 nitrogen and oxygen atoms in total. The second kappa shape index (κ2) is 3.84. The monoisotopic (exact) mass is 262 g/mol. The molecule has 4 rings (SSSR count). The molecular weight excluding hydrogens is 252 g/mol. The molecule has 0 atom stereocenters. The van der Waals surface area contributed by atoms with Crippen LogP contribution in [0.15, 0.2) is 64.3 Å². The molecule has 0 saturated carbocycles. The van der Waals surface area contributed by atoms with Crippen LogP contribution < -0.4 is 10.2 Å². The Kier molecular flexibility index (Phi) is 2.12. The Morgan fingerprint density at radius 1 is 0.900 bits per heavy atom. The summed E-state index contributed by atoms with van der Waals surface area (Å²) in [5, 5.41) is 0.512. The van der Waals surface area contributed by atoms with Gasteiger partial charge in [0.2, 0.25) is 11.2 Å². The molecular formula is C17H10O3. The van der Waals surface area contributed by atoms with Crippen molar-refractivity contribution in [3.63, 3.8) is 0 Å². The van der Waals surface area contributed by atoms with Gasteiger partial charge in [-0.25, -0.2) is 0 Å². The van der Waals surface area contributed by atoms with E-state index in [1.165, 1.54) is 0 Å². The van der Waals surface area contributed by atoms with Gasteiger partial charge in [0.25, 0.3) is 0 Å². The molecule has 96 valence electrons. The van der Waals surface area contributed by atoms with Crippen molar-refractivity contribution in [1.29, 1.82) is 0 Å². The first-order valence-electron chi connectivity index (χ1n) is 6.28. The quantitative estimate of drug-likeness (QED) is 0.618. The molecule has 0 radical (unpaired) electrons. The van der Waals surface area contributed by atoms with Crippen LogP contribution in [-0.4, -0.2) is 0 Å². The number of para-hydroxylation sites is 1. The number of hydrogen-bond donors (Lipinski definition) is 0. The molecule has 2 heterocycles. The van der Waals surface area contributed by atoms with Crippen LogP contribution >= 0.6 is 0 Å². The largest absolute Gasteiger partial charge is 0.452 e. The second-order valence-electron chi connectivity index (χ2n) is 4.66. The van der Waals surface area contributed by atoms with Crippen LogP contribution in [0.3, 0.4) is 0 Å². The van der Waals surface area contributed by atoms with Gasteiger partial charge in [0.1, 0.15) is 11.3 Å². The van der Waals surface area contributed by atoms with Gasteiger partial charge in [0.05, 0.1) is 5.39 Å². The molecule has 0 spiro atoms. The van der Waals surface area contributed by atoms with E-state index in [4.69, 9.17) is 9.15 Å². The maximum atomic E-state index is 12.5. The highest BCUT2D eigenvalue weighted by Gasteiger charge is 2.26.